The fourth-order valence-corrected chi connectivity index (χ4v) is 2.88. The summed E-state index contributed by atoms with van der Waals surface area (Å²) in [7, 11) is 0. The van der Waals surface area contributed by atoms with Crippen LogP contribution < -0.4 is 5.32 Å². The van der Waals surface area contributed by atoms with Crippen LogP contribution in [0.15, 0.2) is 10.7 Å². The molecule has 0 amide bonds. The second kappa shape index (κ2) is 7.38. The lowest BCUT2D eigenvalue weighted by Crippen LogP contribution is -2.42. The number of halogens is 1. The van der Waals surface area contributed by atoms with Gasteiger partial charge < -0.3 is 14.8 Å². The van der Waals surface area contributed by atoms with Crippen LogP contribution in [0.5, 0.6) is 0 Å². The van der Waals surface area contributed by atoms with Crippen molar-refractivity contribution in [2.75, 3.05) is 26.4 Å². The van der Waals surface area contributed by atoms with E-state index in [9.17, 15) is 0 Å². The van der Waals surface area contributed by atoms with Gasteiger partial charge in [-0.1, -0.05) is 6.92 Å². The van der Waals surface area contributed by atoms with Crippen LogP contribution in [-0.4, -0.2) is 42.2 Å². The van der Waals surface area contributed by atoms with Gasteiger partial charge in [-0.05, 0) is 35.8 Å². The molecule has 1 N–H and O–H groups in total. The van der Waals surface area contributed by atoms with Crippen molar-refractivity contribution in [2.24, 2.45) is 0 Å². The first kappa shape index (κ1) is 15.0. The van der Waals surface area contributed by atoms with Crippen LogP contribution >= 0.6 is 15.9 Å². The predicted octanol–water partition coefficient (Wildman–Crippen LogP) is 2.12. The van der Waals surface area contributed by atoms with Crippen LogP contribution in [0.3, 0.4) is 0 Å². The summed E-state index contributed by atoms with van der Waals surface area (Å²) in [6.45, 7) is 8.03. The van der Waals surface area contributed by atoms with E-state index in [1.165, 1.54) is 0 Å². The SMILES string of the molecule is CCCNC(c1c(Br)cnn1CC)C1COCCO1. The minimum atomic E-state index is 0.0404. The zero-order valence-corrected chi connectivity index (χ0v) is 13.1. The lowest BCUT2D eigenvalue weighted by atomic mass is 10.1. The summed E-state index contributed by atoms with van der Waals surface area (Å²) in [6.07, 6.45) is 2.98. The van der Waals surface area contributed by atoms with E-state index in [1.54, 1.807) is 0 Å². The topological polar surface area (TPSA) is 48.3 Å². The number of aryl methyl sites for hydroxylation is 1. The number of nitrogens with zero attached hydrogens (tertiary/aromatic N) is 2. The van der Waals surface area contributed by atoms with Crippen LogP contribution in [-0.2, 0) is 16.0 Å². The Hall–Kier alpha value is -0.430. The summed E-state index contributed by atoms with van der Waals surface area (Å²) in [5, 5.41) is 7.95. The molecule has 1 saturated heterocycles. The molecule has 0 aliphatic carbocycles. The third kappa shape index (κ3) is 3.56. The minimum absolute atomic E-state index is 0.0404. The summed E-state index contributed by atoms with van der Waals surface area (Å²) < 4.78 is 14.4. The Morgan fingerprint density at radius 2 is 2.37 bits per heavy atom. The van der Waals surface area contributed by atoms with E-state index in [0.717, 1.165) is 29.7 Å². The zero-order chi connectivity index (χ0) is 13.7. The van der Waals surface area contributed by atoms with Crippen LogP contribution in [0, 0.1) is 0 Å². The van der Waals surface area contributed by atoms with E-state index < -0.39 is 0 Å². The number of aromatic nitrogens is 2. The Kier molecular flexibility index (Phi) is 5.81. The second-order valence-corrected chi connectivity index (χ2v) is 5.46. The normalized spacial score (nSPS) is 21.5. The van der Waals surface area contributed by atoms with Gasteiger partial charge in [0.2, 0.25) is 0 Å². The summed E-state index contributed by atoms with van der Waals surface area (Å²) in [4.78, 5) is 0. The first-order valence-electron chi connectivity index (χ1n) is 6.91. The molecule has 0 aromatic carbocycles. The average molecular weight is 332 g/mol. The maximum absolute atomic E-state index is 5.87. The first-order chi connectivity index (χ1) is 9.27. The van der Waals surface area contributed by atoms with E-state index in [2.05, 4.69) is 40.2 Å². The molecule has 2 rings (SSSR count). The Labute approximate surface area is 122 Å². The standard InChI is InChI=1S/C13H22BrN3O2/c1-3-5-15-12(11-9-18-6-7-19-11)13-10(14)8-16-17(13)4-2/h8,11-12,15H,3-7,9H2,1-2H3. The summed E-state index contributed by atoms with van der Waals surface area (Å²) in [5.74, 6) is 0. The molecular weight excluding hydrogens is 310 g/mol. The highest BCUT2D eigenvalue weighted by Crippen LogP contribution is 2.28. The number of rotatable bonds is 6. The lowest BCUT2D eigenvalue weighted by molar-refractivity contribution is -0.103. The number of nitrogens with one attached hydrogen (secondary N) is 1. The van der Waals surface area contributed by atoms with Gasteiger partial charge in [-0.15, -0.1) is 0 Å². The van der Waals surface area contributed by atoms with Crippen LogP contribution in [0.2, 0.25) is 0 Å². The third-order valence-electron chi connectivity index (χ3n) is 3.26. The molecule has 0 saturated carbocycles. The van der Waals surface area contributed by atoms with E-state index in [0.29, 0.717) is 19.8 Å². The molecule has 1 aromatic rings. The first-order valence-corrected chi connectivity index (χ1v) is 7.71. The van der Waals surface area contributed by atoms with E-state index in [4.69, 9.17) is 9.47 Å². The molecule has 0 spiro atoms. The van der Waals surface area contributed by atoms with Crippen molar-refractivity contribution >= 4 is 15.9 Å². The van der Waals surface area contributed by atoms with E-state index in [-0.39, 0.29) is 12.1 Å². The molecule has 0 bridgehead atoms. The molecule has 2 unspecified atom stereocenters. The molecule has 6 heteroatoms. The van der Waals surface area contributed by atoms with Crippen LogP contribution in [0.1, 0.15) is 32.0 Å². The van der Waals surface area contributed by atoms with Gasteiger partial charge in [0.15, 0.2) is 0 Å². The summed E-state index contributed by atoms with van der Waals surface area (Å²) in [6, 6.07) is 0.108. The maximum atomic E-state index is 5.87. The van der Waals surface area contributed by atoms with Gasteiger partial charge in [0, 0.05) is 6.54 Å². The molecule has 1 aliphatic rings. The third-order valence-corrected chi connectivity index (χ3v) is 3.87. The van der Waals surface area contributed by atoms with Crippen molar-refractivity contribution in [2.45, 2.75) is 39.0 Å². The molecule has 2 atom stereocenters. The lowest BCUT2D eigenvalue weighted by Gasteiger charge is -2.31. The highest BCUT2D eigenvalue weighted by Gasteiger charge is 2.30. The smallest absolute Gasteiger partial charge is 0.102 e. The molecule has 2 heterocycles. The van der Waals surface area contributed by atoms with Gasteiger partial charge >= 0.3 is 0 Å². The monoisotopic (exact) mass is 331 g/mol. The van der Waals surface area contributed by atoms with E-state index in [1.807, 2.05) is 10.9 Å². The van der Waals surface area contributed by atoms with Gasteiger partial charge in [0.1, 0.15) is 6.10 Å². The number of ether oxygens (including phenoxy) is 2. The van der Waals surface area contributed by atoms with E-state index >= 15 is 0 Å². The van der Waals surface area contributed by atoms with Crippen LogP contribution in [0.4, 0.5) is 0 Å². The van der Waals surface area contributed by atoms with Gasteiger partial charge in [-0.25, -0.2) is 0 Å². The van der Waals surface area contributed by atoms with Crippen molar-refractivity contribution in [3.63, 3.8) is 0 Å². The second-order valence-electron chi connectivity index (χ2n) is 4.61. The fourth-order valence-electron chi connectivity index (χ4n) is 2.34. The van der Waals surface area contributed by atoms with Gasteiger partial charge in [-0.3, -0.25) is 4.68 Å². The van der Waals surface area contributed by atoms with Gasteiger partial charge in [-0.2, -0.15) is 5.10 Å². The highest BCUT2D eigenvalue weighted by atomic mass is 79.9. The van der Waals surface area contributed by atoms with Gasteiger partial charge in [0.25, 0.3) is 0 Å². The largest absolute Gasteiger partial charge is 0.376 e. The molecular formula is C13H22BrN3O2. The molecule has 19 heavy (non-hydrogen) atoms. The minimum Gasteiger partial charge on any atom is -0.376 e. The molecule has 1 aliphatic heterocycles. The van der Waals surface area contributed by atoms with Crippen molar-refractivity contribution in [1.29, 1.82) is 0 Å². The van der Waals surface area contributed by atoms with Crippen molar-refractivity contribution < 1.29 is 9.47 Å². The quantitative estimate of drug-likeness (QED) is 0.867. The van der Waals surface area contributed by atoms with Crippen molar-refractivity contribution in [1.82, 2.24) is 15.1 Å². The predicted molar refractivity (Wildman–Crippen MR) is 77.2 cm³/mol. The Morgan fingerprint density at radius 3 is 3.00 bits per heavy atom. The molecule has 5 nitrogen and oxygen atoms in total. The molecule has 1 fully saturated rings. The molecule has 108 valence electrons. The molecule has 0 radical (unpaired) electrons. The highest BCUT2D eigenvalue weighted by molar-refractivity contribution is 9.10. The van der Waals surface area contributed by atoms with Crippen molar-refractivity contribution in [3.05, 3.63) is 16.4 Å². The zero-order valence-electron chi connectivity index (χ0n) is 11.6. The summed E-state index contributed by atoms with van der Waals surface area (Å²) in [5.41, 5.74) is 1.14. The summed E-state index contributed by atoms with van der Waals surface area (Å²) >= 11 is 3.60. The Bertz CT molecular complexity index is 391. The van der Waals surface area contributed by atoms with Crippen molar-refractivity contribution in [3.8, 4) is 0 Å². The average Bonchev–Trinajstić information content (AvgIpc) is 2.82. The fraction of sp³-hybridized carbons (Fsp3) is 0.769. The Morgan fingerprint density at radius 1 is 1.53 bits per heavy atom. The Balaban J connectivity index is 2.22. The number of hydrogen-bond donors (Lipinski definition) is 1. The maximum Gasteiger partial charge on any atom is 0.102 e. The molecule has 1 aromatic heterocycles. The number of hydrogen-bond acceptors (Lipinski definition) is 4. The van der Waals surface area contributed by atoms with Crippen LogP contribution in [0.25, 0.3) is 0 Å². The van der Waals surface area contributed by atoms with Gasteiger partial charge in [0.05, 0.1) is 42.2 Å².